The van der Waals surface area contributed by atoms with E-state index in [9.17, 15) is 32.7 Å². The second kappa shape index (κ2) is 9.36. The zero-order valence-corrected chi connectivity index (χ0v) is 18.0. The standard InChI is InChI=1S/C24H23F3N2O5/c25-24(26,27)19(21(30)29-11-5-10-20(29)22(31)32)12-28-23(33)34-13-18-16-8-3-1-6-14(16)15-7-2-4-9-17(15)18/h1-4,6-9,18-20H,5,10-13H2,(H,28,33)(H,31,32)/t19?,20-/m1/s1. The maximum absolute atomic E-state index is 13.6. The number of ether oxygens (including phenoxy) is 1. The number of nitrogens with zero attached hydrogens (tertiary/aromatic N) is 1. The molecule has 2 N–H and O–H groups in total. The number of likely N-dealkylation sites (tertiary alicyclic amines) is 1. The van der Waals surface area contributed by atoms with Gasteiger partial charge in [0, 0.05) is 19.0 Å². The van der Waals surface area contributed by atoms with E-state index in [2.05, 4.69) is 0 Å². The normalized spacial score (nSPS) is 18.2. The average Bonchev–Trinajstić information content (AvgIpc) is 3.40. The molecule has 1 aliphatic heterocycles. The van der Waals surface area contributed by atoms with Crippen LogP contribution in [0.25, 0.3) is 11.1 Å². The molecular formula is C24H23F3N2O5. The van der Waals surface area contributed by atoms with Gasteiger partial charge in [0.2, 0.25) is 5.91 Å². The Hall–Kier alpha value is -3.56. The lowest BCUT2D eigenvalue weighted by Gasteiger charge is -2.28. The van der Waals surface area contributed by atoms with Crippen molar-refractivity contribution in [3.05, 3.63) is 59.7 Å². The van der Waals surface area contributed by atoms with Crippen molar-refractivity contribution in [1.29, 1.82) is 0 Å². The van der Waals surface area contributed by atoms with Crippen LogP contribution in [0.15, 0.2) is 48.5 Å². The monoisotopic (exact) mass is 476 g/mol. The first kappa shape index (κ1) is 23.6. The summed E-state index contributed by atoms with van der Waals surface area (Å²) in [5, 5.41) is 11.2. The summed E-state index contributed by atoms with van der Waals surface area (Å²) >= 11 is 0. The summed E-state index contributed by atoms with van der Waals surface area (Å²) in [6, 6.07) is 14.0. The predicted molar refractivity (Wildman–Crippen MR) is 115 cm³/mol. The van der Waals surface area contributed by atoms with E-state index < -0.39 is 42.7 Å². The minimum Gasteiger partial charge on any atom is -0.480 e. The lowest BCUT2D eigenvalue weighted by atomic mass is 9.98. The zero-order valence-electron chi connectivity index (χ0n) is 18.0. The van der Waals surface area contributed by atoms with Crippen molar-refractivity contribution in [3.63, 3.8) is 0 Å². The molecule has 2 amide bonds. The van der Waals surface area contributed by atoms with E-state index >= 15 is 0 Å². The number of alkyl halides is 3. The second-order valence-corrected chi connectivity index (χ2v) is 8.33. The lowest BCUT2D eigenvalue weighted by molar-refractivity contribution is -0.189. The van der Waals surface area contributed by atoms with E-state index in [1.807, 2.05) is 53.8 Å². The van der Waals surface area contributed by atoms with Crippen LogP contribution in [0.5, 0.6) is 0 Å². The van der Waals surface area contributed by atoms with Gasteiger partial charge in [0.15, 0.2) is 5.92 Å². The summed E-state index contributed by atoms with van der Waals surface area (Å²) in [5.74, 6) is -5.54. The molecule has 0 bridgehead atoms. The van der Waals surface area contributed by atoms with Crippen molar-refractivity contribution in [1.82, 2.24) is 10.2 Å². The fourth-order valence-corrected chi connectivity index (χ4v) is 4.67. The highest BCUT2D eigenvalue weighted by Gasteiger charge is 2.49. The fourth-order valence-electron chi connectivity index (χ4n) is 4.67. The number of carboxylic acids is 1. The van der Waals surface area contributed by atoms with E-state index in [1.165, 1.54) is 0 Å². The highest BCUT2D eigenvalue weighted by atomic mass is 19.4. The Labute approximate surface area is 193 Å². The minimum atomic E-state index is -4.96. The van der Waals surface area contributed by atoms with E-state index in [-0.39, 0.29) is 25.5 Å². The molecule has 0 spiro atoms. The first-order chi connectivity index (χ1) is 16.2. The van der Waals surface area contributed by atoms with Crippen LogP contribution in [0.4, 0.5) is 18.0 Å². The molecular weight excluding hydrogens is 453 g/mol. The average molecular weight is 476 g/mol. The molecule has 2 aliphatic rings. The molecule has 2 aromatic carbocycles. The van der Waals surface area contributed by atoms with Gasteiger partial charge in [-0.15, -0.1) is 0 Å². The number of alkyl carbamates (subject to hydrolysis) is 1. The van der Waals surface area contributed by atoms with Crippen LogP contribution in [0.3, 0.4) is 0 Å². The number of fused-ring (bicyclic) bond motifs is 3. The van der Waals surface area contributed by atoms with Gasteiger partial charge in [0.05, 0.1) is 0 Å². The Kier molecular flexibility index (Phi) is 6.49. The smallest absolute Gasteiger partial charge is 0.407 e. The van der Waals surface area contributed by atoms with Gasteiger partial charge in [-0.25, -0.2) is 9.59 Å². The van der Waals surface area contributed by atoms with Crippen LogP contribution in [0, 0.1) is 5.92 Å². The Bertz CT molecular complexity index is 1060. The van der Waals surface area contributed by atoms with Gasteiger partial charge in [0.25, 0.3) is 0 Å². The summed E-state index contributed by atoms with van der Waals surface area (Å²) in [7, 11) is 0. The van der Waals surface area contributed by atoms with Crippen molar-refractivity contribution in [2.45, 2.75) is 31.0 Å². The summed E-state index contributed by atoms with van der Waals surface area (Å²) in [6.07, 6.45) is -5.65. The molecule has 2 atom stereocenters. The number of carbonyl (C=O) groups is 3. The van der Waals surface area contributed by atoms with Crippen molar-refractivity contribution >= 4 is 18.0 Å². The third kappa shape index (κ3) is 4.57. The third-order valence-electron chi connectivity index (χ3n) is 6.31. The molecule has 0 aromatic heterocycles. The highest BCUT2D eigenvalue weighted by Crippen LogP contribution is 2.44. The summed E-state index contributed by atoms with van der Waals surface area (Å²) in [6.45, 7) is -1.20. The SMILES string of the molecule is O=C(NCC(C(=O)N1CCC[C@@H]1C(=O)O)C(F)(F)F)OCC1c2ccccc2-c2ccccc21. The predicted octanol–water partition coefficient (Wildman–Crippen LogP) is 3.78. The zero-order chi connectivity index (χ0) is 24.5. The molecule has 2 aromatic rings. The number of benzene rings is 2. The van der Waals surface area contributed by atoms with E-state index in [1.54, 1.807) is 0 Å². The molecule has 0 saturated carbocycles. The van der Waals surface area contributed by atoms with Crippen LogP contribution in [0.1, 0.15) is 29.9 Å². The summed E-state index contributed by atoms with van der Waals surface area (Å²) in [4.78, 5) is 36.8. The molecule has 1 saturated heterocycles. The molecule has 4 rings (SSSR count). The van der Waals surface area contributed by atoms with Gasteiger partial charge in [-0.2, -0.15) is 13.2 Å². The Morgan fingerprint density at radius 2 is 1.65 bits per heavy atom. The molecule has 1 aliphatic carbocycles. The number of halogens is 3. The van der Waals surface area contributed by atoms with E-state index in [0.29, 0.717) is 6.42 Å². The number of aliphatic carboxylic acids is 1. The van der Waals surface area contributed by atoms with Gasteiger partial charge in [-0.05, 0) is 35.1 Å². The van der Waals surface area contributed by atoms with Crippen molar-refractivity contribution < 1.29 is 37.4 Å². The van der Waals surface area contributed by atoms with Gasteiger partial charge in [-0.1, -0.05) is 48.5 Å². The van der Waals surface area contributed by atoms with Crippen molar-refractivity contribution in [3.8, 4) is 11.1 Å². The topological polar surface area (TPSA) is 95.9 Å². The number of hydrogen-bond acceptors (Lipinski definition) is 4. The Morgan fingerprint density at radius 3 is 2.21 bits per heavy atom. The van der Waals surface area contributed by atoms with Crippen LogP contribution >= 0.6 is 0 Å². The van der Waals surface area contributed by atoms with Gasteiger partial charge in [0.1, 0.15) is 12.6 Å². The van der Waals surface area contributed by atoms with E-state index in [4.69, 9.17) is 4.74 Å². The summed E-state index contributed by atoms with van der Waals surface area (Å²) < 4.78 is 46.0. The van der Waals surface area contributed by atoms with Gasteiger partial charge >= 0.3 is 18.2 Å². The number of carbonyl (C=O) groups excluding carboxylic acids is 2. The minimum absolute atomic E-state index is 0.0761. The molecule has 34 heavy (non-hydrogen) atoms. The maximum Gasteiger partial charge on any atom is 0.407 e. The molecule has 7 nitrogen and oxygen atoms in total. The fraction of sp³-hybridized carbons (Fsp3) is 0.375. The Balaban J connectivity index is 1.40. The molecule has 1 unspecified atom stereocenters. The molecule has 1 heterocycles. The van der Waals surface area contributed by atoms with Crippen LogP contribution < -0.4 is 5.32 Å². The van der Waals surface area contributed by atoms with Crippen LogP contribution in [-0.4, -0.2) is 59.9 Å². The Morgan fingerprint density at radius 1 is 1.06 bits per heavy atom. The maximum atomic E-state index is 13.6. The van der Waals surface area contributed by atoms with Crippen molar-refractivity contribution in [2.24, 2.45) is 5.92 Å². The lowest BCUT2D eigenvalue weighted by Crippen LogP contribution is -2.51. The summed E-state index contributed by atoms with van der Waals surface area (Å²) in [5.41, 5.74) is 3.92. The van der Waals surface area contributed by atoms with Crippen LogP contribution in [-0.2, 0) is 14.3 Å². The molecule has 0 radical (unpaired) electrons. The number of hydrogen-bond donors (Lipinski definition) is 2. The highest BCUT2D eigenvalue weighted by molar-refractivity contribution is 5.86. The number of rotatable bonds is 6. The first-order valence-electron chi connectivity index (χ1n) is 10.9. The number of nitrogens with one attached hydrogen (secondary N) is 1. The molecule has 180 valence electrons. The molecule has 1 fully saturated rings. The van der Waals surface area contributed by atoms with Gasteiger partial charge < -0.3 is 20.1 Å². The first-order valence-corrected chi connectivity index (χ1v) is 10.9. The van der Waals surface area contributed by atoms with Gasteiger partial charge in [-0.3, -0.25) is 4.79 Å². The second-order valence-electron chi connectivity index (χ2n) is 8.33. The van der Waals surface area contributed by atoms with Crippen molar-refractivity contribution in [2.75, 3.05) is 19.7 Å². The number of amides is 2. The molecule has 10 heteroatoms. The quantitative estimate of drug-likeness (QED) is 0.662. The third-order valence-corrected chi connectivity index (χ3v) is 6.31. The largest absolute Gasteiger partial charge is 0.480 e. The van der Waals surface area contributed by atoms with E-state index in [0.717, 1.165) is 27.2 Å². The van der Waals surface area contributed by atoms with Crippen LogP contribution in [0.2, 0.25) is 0 Å². The number of carboxylic acid groups (broad SMARTS) is 1.